The zero-order chi connectivity index (χ0) is 15.0. The Morgan fingerprint density at radius 3 is 2.81 bits per heavy atom. The van der Waals surface area contributed by atoms with Gasteiger partial charge < -0.3 is 13.9 Å². The van der Waals surface area contributed by atoms with Crippen LogP contribution in [0.15, 0.2) is 22.6 Å². The minimum Gasteiger partial charge on any atom is -0.479 e. The van der Waals surface area contributed by atoms with Crippen LogP contribution < -0.4 is 4.74 Å². The number of carbonyl (C=O) groups is 2. The van der Waals surface area contributed by atoms with E-state index in [1.54, 1.807) is 25.1 Å². The van der Waals surface area contributed by atoms with Gasteiger partial charge in [-0.1, -0.05) is 0 Å². The summed E-state index contributed by atoms with van der Waals surface area (Å²) in [7, 11) is 1.31. The zero-order valence-corrected chi connectivity index (χ0v) is 11.9. The lowest BCUT2D eigenvalue weighted by molar-refractivity contribution is -0.147. The predicted octanol–water partition coefficient (Wildman–Crippen LogP) is 3.06. The van der Waals surface area contributed by atoms with E-state index in [0.29, 0.717) is 22.8 Å². The third-order valence-corrected chi connectivity index (χ3v) is 3.64. The standard InChI is InChI=1S/C16H16O5/c1-9(16(18)19-2)20-11-5-6-14-12(7-11)13(8-17)15(21-14)10-3-4-10/h5-10H,3-4H2,1-2H3. The van der Waals surface area contributed by atoms with Gasteiger partial charge in [-0.2, -0.15) is 0 Å². The summed E-state index contributed by atoms with van der Waals surface area (Å²) >= 11 is 0. The van der Waals surface area contributed by atoms with E-state index in [1.165, 1.54) is 7.11 Å². The zero-order valence-electron chi connectivity index (χ0n) is 11.9. The molecule has 110 valence electrons. The summed E-state index contributed by atoms with van der Waals surface area (Å²) in [5, 5.41) is 0.724. The van der Waals surface area contributed by atoms with Gasteiger partial charge in [-0.15, -0.1) is 0 Å². The first-order chi connectivity index (χ1) is 10.1. The predicted molar refractivity (Wildman–Crippen MR) is 75.7 cm³/mol. The van der Waals surface area contributed by atoms with Crippen LogP contribution in [0.3, 0.4) is 0 Å². The minimum atomic E-state index is -0.707. The number of esters is 1. The fourth-order valence-electron chi connectivity index (χ4n) is 2.38. The van der Waals surface area contributed by atoms with E-state index in [0.717, 1.165) is 30.3 Å². The molecule has 1 saturated carbocycles. The lowest BCUT2D eigenvalue weighted by Crippen LogP contribution is -2.24. The fraction of sp³-hybridized carbons (Fsp3) is 0.375. The fourth-order valence-corrected chi connectivity index (χ4v) is 2.38. The second kappa shape index (κ2) is 5.24. The molecule has 0 bridgehead atoms. The second-order valence-electron chi connectivity index (χ2n) is 5.21. The van der Waals surface area contributed by atoms with Gasteiger partial charge in [0, 0.05) is 11.3 Å². The summed E-state index contributed by atoms with van der Waals surface area (Å²) in [6.45, 7) is 1.61. The number of fused-ring (bicyclic) bond motifs is 1. The number of methoxy groups -OCH3 is 1. The quantitative estimate of drug-likeness (QED) is 0.625. The lowest BCUT2D eigenvalue weighted by Gasteiger charge is -2.12. The maximum Gasteiger partial charge on any atom is 0.346 e. The van der Waals surface area contributed by atoms with Gasteiger partial charge in [0.15, 0.2) is 12.4 Å². The van der Waals surface area contributed by atoms with E-state index in [4.69, 9.17) is 9.15 Å². The molecule has 3 rings (SSSR count). The Morgan fingerprint density at radius 1 is 1.43 bits per heavy atom. The lowest BCUT2D eigenvalue weighted by atomic mass is 10.1. The van der Waals surface area contributed by atoms with Crippen LogP contribution in [-0.2, 0) is 9.53 Å². The highest BCUT2D eigenvalue weighted by molar-refractivity contribution is 5.98. The molecular formula is C16H16O5. The number of aldehydes is 1. The topological polar surface area (TPSA) is 65.7 Å². The van der Waals surface area contributed by atoms with Gasteiger partial charge >= 0.3 is 5.97 Å². The monoisotopic (exact) mass is 288 g/mol. The number of hydrogen-bond donors (Lipinski definition) is 0. The van der Waals surface area contributed by atoms with E-state index in [2.05, 4.69) is 4.74 Å². The minimum absolute atomic E-state index is 0.357. The molecule has 0 spiro atoms. The second-order valence-corrected chi connectivity index (χ2v) is 5.21. The summed E-state index contributed by atoms with van der Waals surface area (Å²) in [5.41, 5.74) is 1.25. The SMILES string of the molecule is COC(=O)C(C)Oc1ccc2oc(C3CC3)c(C=O)c2c1. The Hall–Kier alpha value is -2.30. The van der Waals surface area contributed by atoms with Crippen LogP contribution in [0.4, 0.5) is 0 Å². The molecule has 1 aromatic carbocycles. The van der Waals surface area contributed by atoms with Crippen LogP contribution in [0.2, 0.25) is 0 Å². The van der Waals surface area contributed by atoms with Gasteiger partial charge in [0.25, 0.3) is 0 Å². The largest absolute Gasteiger partial charge is 0.479 e. The van der Waals surface area contributed by atoms with Crippen LogP contribution in [0.1, 0.15) is 41.8 Å². The van der Waals surface area contributed by atoms with Gasteiger partial charge in [-0.25, -0.2) is 4.79 Å². The van der Waals surface area contributed by atoms with Gasteiger partial charge in [0.05, 0.1) is 12.7 Å². The Bertz CT molecular complexity index is 696. The first-order valence-corrected chi connectivity index (χ1v) is 6.90. The Morgan fingerprint density at radius 2 is 2.19 bits per heavy atom. The Labute approximate surface area is 121 Å². The molecule has 1 fully saturated rings. The van der Waals surface area contributed by atoms with Gasteiger partial charge in [0.2, 0.25) is 0 Å². The van der Waals surface area contributed by atoms with E-state index < -0.39 is 12.1 Å². The number of hydrogen-bond acceptors (Lipinski definition) is 5. The van der Waals surface area contributed by atoms with Crippen LogP contribution in [0.5, 0.6) is 5.75 Å². The maximum atomic E-state index is 11.4. The highest BCUT2D eigenvalue weighted by Gasteiger charge is 2.31. The third-order valence-electron chi connectivity index (χ3n) is 3.64. The Kier molecular flexibility index (Phi) is 3.41. The number of ether oxygens (including phenoxy) is 2. The smallest absolute Gasteiger partial charge is 0.346 e. The van der Waals surface area contributed by atoms with E-state index in [-0.39, 0.29) is 0 Å². The van der Waals surface area contributed by atoms with Crippen LogP contribution >= 0.6 is 0 Å². The molecule has 0 radical (unpaired) electrons. The molecule has 1 atom stereocenters. The molecule has 1 heterocycles. The van der Waals surface area contributed by atoms with Crippen molar-refractivity contribution in [3.63, 3.8) is 0 Å². The maximum absolute atomic E-state index is 11.4. The van der Waals surface area contributed by atoms with Crippen LogP contribution in [0, 0.1) is 0 Å². The highest BCUT2D eigenvalue weighted by atomic mass is 16.6. The first kappa shape index (κ1) is 13.7. The van der Waals surface area contributed by atoms with Crippen molar-refractivity contribution in [3.05, 3.63) is 29.5 Å². The van der Waals surface area contributed by atoms with Crippen molar-refractivity contribution in [1.82, 2.24) is 0 Å². The molecule has 1 aliphatic carbocycles. The molecular weight excluding hydrogens is 272 g/mol. The summed E-state index contributed by atoms with van der Waals surface area (Å²) in [4.78, 5) is 22.7. The van der Waals surface area contributed by atoms with Crippen molar-refractivity contribution in [3.8, 4) is 5.75 Å². The van der Waals surface area contributed by atoms with Gasteiger partial charge in [0.1, 0.15) is 17.1 Å². The summed E-state index contributed by atoms with van der Waals surface area (Å²) < 4.78 is 15.9. The summed E-state index contributed by atoms with van der Waals surface area (Å²) in [5.74, 6) is 1.18. The van der Waals surface area contributed by atoms with E-state index in [1.807, 2.05) is 0 Å². The van der Waals surface area contributed by atoms with E-state index in [9.17, 15) is 9.59 Å². The highest BCUT2D eigenvalue weighted by Crippen LogP contribution is 2.44. The molecule has 0 aliphatic heterocycles. The molecule has 21 heavy (non-hydrogen) atoms. The average Bonchev–Trinajstić information content (AvgIpc) is 3.27. The van der Waals surface area contributed by atoms with Crippen molar-refractivity contribution >= 4 is 23.2 Å². The normalized spacial score (nSPS) is 15.7. The molecule has 2 aromatic rings. The summed E-state index contributed by atoms with van der Waals surface area (Å²) in [6.07, 6.45) is 2.24. The van der Waals surface area contributed by atoms with Crippen molar-refractivity contribution in [2.45, 2.75) is 31.8 Å². The van der Waals surface area contributed by atoms with Crippen LogP contribution in [0.25, 0.3) is 11.0 Å². The number of benzene rings is 1. The molecule has 0 N–H and O–H groups in total. The average molecular weight is 288 g/mol. The van der Waals surface area contributed by atoms with Gasteiger partial charge in [-0.3, -0.25) is 4.79 Å². The third kappa shape index (κ3) is 2.51. The number of carbonyl (C=O) groups excluding carboxylic acids is 2. The van der Waals surface area contributed by atoms with Crippen molar-refractivity contribution in [1.29, 1.82) is 0 Å². The van der Waals surface area contributed by atoms with Crippen molar-refractivity contribution < 1.29 is 23.5 Å². The molecule has 5 heteroatoms. The molecule has 1 aliphatic rings. The summed E-state index contributed by atoms with van der Waals surface area (Å²) in [6, 6.07) is 5.21. The van der Waals surface area contributed by atoms with Crippen LogP contribution in [-0.4, -0.2) is 25.5 Å². The molecule has 0 amide bonds. The van der Waals surface area contributed by atoms with Gasteiger partial charge in [-0.05, 0) is 38.0 Å². The molecule has 5 nitrogen and oxygen atoms in total. The molecule has 1 aromatic heterocycles. The van der Waals surface area contributed by atoms with Crippen molar-refractivity contribution in [2.75, 3.05) is 7.11 Å². The number of rotatable bonds is 5. The first-order valence-electron chi connectivity index (χ1n) is 6.90. The molecule has 1 unspecified atom stereocenters. The number of furan rings is 1. The van der Waals surface area contributed by atoms with E-state index >= 15 is 0 Å². The molecule has 0 saturated heterocycles. The Balaban J connectivity index is 1.95. The van der Waals surface area contributed by atoms with Crippen molar-refractivity contribution in [2.24, 2.45) is 0 Å².